The number of aliphatic hydroxyl groups is 1. The monoisotopic (exact) mass is 464 g/mol. The average Bonchev–Trinajstić information content (AvgIpc) is 3.27. The van der Waals surface area contributed by atoms with Crippen LogP contribution in [0.25, 0.3) is 0 Å². The molecule has 4 nitrogen and oxygen atoms in total. The van der Waals surface area contributed by atoms with Crippen LogP contribution in [0.2, 0.25) is 18.1 Å². The number of fused-ring (bicyclic) bond motifs is 6. The molecule has 32 heavy (non-hydrogen) atoms. The summed E-state index contributed by atoms with van der Waals surface area (Å²) in [6, 6.07) is 0. The molecule has 1 aliphatic heterocycles. The topological polar surface area (TPSA) is 47.9 Å². The predicted molar refractivity (Wildman–Crippen MR) is 130 cm³/mol. The quantitative estimate of drug-likeness (QED) is 0.499. The Morgan fingerprint density at radius 3 is 2.31 bits per heavy atom. The maximum absolute atomic E-state index is 11.7. The zero-order chi connectivity index (χ0) is 23.2. The van der Waals surface area contributed by atoms with E-state index in [-0.39, 0.29) is 22.0 Å². The molecule has 8 atom stereocenters. The molecule has 4 saturated carbocycles. The van der Waals surface area contributed by atoms with Crippen molar-refractivity contribution >= 4 is 8.32 Å². The van der Waals surface area contributed by atoms with Crippen LogP contribution in [0.15, 0.2) is 0 Å². The Balaban J connectivity index is 1.35. The van der Waals surface area contributed by atoms with E-state index in [2.05, 4.69) is 47.7 Å². The third-order valence-electron chi connectivity index (χ3n) is 11.6. The summed E-state index contributed by atoms with van der Waals surface area (Å²) in [5.74, 6) is 1.89. The Labute approximate surface area is 197 Å². The Hall–Kier alpha value is 0.0569. The fourth-order valence-corrected chi connectivity index (χ4v) is 10.3. The van der Waals surface area contributed by atoms with Crippen LogP contribution in [-0.2, 0) is 13.9 Å². The highest BCUT2D eigenvalue weighted by atomic mass is 28.4. The van der Waals surface area contributed by atoms with Crippen LogP contribution < -0.4 is 0 Å². The van der Waals surface area contributed by atoms with Gasteiger partial charge in [-0.3, -0.25) is 0 Å². The molecular weight excluding hydrogens is 416 g/mol. The Kier molecular flexibility index (Phi) is 5.59. The number of aliphatic hydroxyl groups excluding tert-OH is 1. The summed E-state index contributed by atoms with van der Waals surface area (Å²) in [5, 5.41) is 12.0. The van der Waals surface area contributed by atoms with Crippen molar-refractivity contribution < 1.29 is 19.0 Å². The molecule has 5 heteroatoms. The normalized spacial score (nSPS) is 48.4. The molecule has 0 bridgehead atoms. The molecule has 1 spiro atoms. The summed E-state index contributed by atoms with van der Waals surface area (Å²) in [5.41, 5.74) is 0.194. The van der Waals surface area contributed by atoms with Gasteiger partial charge in [-0.25, -0.2) is 0 Å². The van der Waals surface area contributed by atoms with Crippen molar-refractivity contribution in [2.75, 3.05) is 13.2 Å². The van der Waals surface area contributed by atoms with Crippen LogP contribution in [0, 0.1) is 34.5 Å². The smallest absolute Gasteiger partial charge is 0.192 e. The summed E-state index contributed by atoms with van der Waals surface area (Å²) in [4.78, 5) is 0. The molecule has 4 unspecified atom stereocenters. The lowest BCUT2D eigenvalue weighted by molar-refractivity contribution is -0.265. The Morgan fingerprint density at radius 1 is 0.969 bits per heavy atom. The van der Waals surface area contributed by atoms with E-state index in [9.17, 15) is 5.11 Å². The minimum atomic E-state index is -1.74. The second-order valence-corrected chi connectivity index (χ2v) is 18.8. The number of ether oxygens (including phenoxy) is 2. The summed E-state index contributed by atoms with van der Waals surface area (Å²) in [6.45, 7) is 18.1. The Morgan fingerprint density at radius 2 is 1.66 bits per heavy atom. The van der Waals surface area contributed by atoms with Gasteiger partial charge in [-0.05, 0) is 92.2 Å². The van der Waals surface area contributed by atoms with Crippen LogP contribution in [0.4, 0.5) is 0 Å². The molecule has 0 aromatic heterocycles. The molecule has 0 radical (unpaired) electrons. The largest absolute Gasteiger partial charge is 0.414 e. The first-order valence-corrected chi connectivity index (χ1v) is 16.4. The lowest BCUT2D eigenvalue weighted by atomic mass is 9.44. The lowest BCUT2D eigenvalue weighted by Gasteiger charge is -2.63. The van der Waals surface area contributed by atoms with Gasteiger partial charge in [-0.1, -0.05) is 34.6 Å². The Bertz CT molecular complexity index is 726. The molecule has 0 amide bonds. The molecule has 184 valence electrons. The molecule has 0 aromatic rings. The maximum Gasteiger partial charge on any atom is 0.192 e. The van der Waals surface area contributed by atoms with E-state index in [0.29, 0.717) is 43.0 Å². The fourth-order valence-electron chi connectivity index (χ4n) is 8.92. The highest BCUT2D eigenvalue weighted by molar-refractivity contribution is 6.74. The van der Waals surface area contributed by atoms with Gasteiger partial charge in [0.1, 0.15) is 0 Å². The zero-order valence-corrected chi connectivity index (χ0v) is 22.7. The van der Waals surface area contributed by atoms with Crippen LogP contribution in [0.3, 0.4) is 0 Å². The van der Waals surface area contributed by atoms with Gasteiger partial charge in [-0.2, -0.15) is 0 Å². The van der Waals surface area contributed by atoms with Crippen LogP contribution >= 0.6 is 0 Å². The molecule has 5 rings (SSSR count). The van der Waals surface area contributed by atoms with E-state index < -0.39 is 14.1 Å². The molecule has 5 fully saturated rings. The van der Waals surface area contributed by atoms with E-state index in [0.717, 1.165) is 19.3 Å². The van der Waals surface area contributed by atoms with Crippen LogP contribution in [0.1, 0.15) is 86.0 Å². The molecular formula is C27H48O4Si. The number of hydrogen-bond donors (Lipinski definition) is 1. The van der Waals surface area contributed by atoms with Crippen molar-refractivity contribution in [3.63, 3.8) is 0 Å². The molecule has 1 saturated heterocycles. The molecule has 0 aromatic carbocycles. The zero-order valence-electron chi connectivity index (χ0n) is 21.7. The molecule has 1 N–H and O–H groups in total. The SMILES string of the molecule is CC(C)(C)[Si](C)(C)OC1CC[C@]2(C)C3C(CC[C@@H]2C1)C1CCC2(OCCO2)[C@@]1(C)C[C@@H]3O. The van der Waals surface area contributed by atoms with Gasteiger partial charge in [0, 0.05) is 17.9 Å². The van der Waals surface area contributed by atoms with E-state index in [4.69, 9.17) is 13.9 Å². The van der Waals surface area contributed by atoms with Crippen molar-refractivity contribution in [2.45, 2.75) is 122 Å². The molecule has 4 aliphatic carbocycles. The minimum Gasteiger partial charge on any atom is -0.414 e. The van der Waals surface area contributed by atoms with Crippen molar-refractivity contribution in [1.82, 2.24) is 0 Å². The molecule has 5 aliphatic rings. The van der Waals surface area contributed by atoms with E-state index in [1.165, 1.54) is 32.1 Å². The van der Waals surface area contributed by atoms with Gasteiger partial charge in [0.05, 0.1) is 19.3 Å². The highest BCUT2D eigenvalue weighted by Gasteiger charge is 2.69. The van der Waals surface area contributed by atoms with Crippen molar-refractivity contribution in [2.24, 2.45) is 34.5 Å². The standard InChI is InChI=1S/C27H48O4Si/c1-24(2,3)32(6,7)31-19-10-12-25(4)18(16-19)8-9-20-21-11-13-27(29-14-15-30-27)26(21,5)17-22(28)23(20)25/h18-23,28H,8-17H2,1-7H3/t18-,19?,20?,21?,22+,23?,25+,26+/m1/s1. The second-order valence-electron chi connectivity index (χ2n) is 14.0. The van der Waals surface area contributed by atoms with Gasteiger partial charge >= 0.3 is 0 Å². The van der Waals surface area contributed by atoms with Gasteiger partial charge in [0.2, 0.25) is 0 Å². The van der Waals surface area contributed by atoms with Crippen LogP contribution in [-0.4, -0.2) is 44.6 Å². The van der Waals surface area contributed by atoms with Crippen molar-refractivity contribution in [3.05, 3.63) is 0 Å². The first-order chi connectivity index (χ1) is 14.8. The van der Waals surface area contributed by atoms with Gasteiger partial charge in [-0.15, -0.1) is 0 Å². The first-order valence-electron chi connectivity index (χ1n) is 13.5. The van der Waals surface area contributed by atoms with Crippen LogP contribution in [0.5, 0.6) is 0 Å². The van der Waals surface area contributed by atoms with E-state index in [1.54, 1.807) is 0 Å². The fraction of sp³-hybridized carbons (Fsp3) is 1.00. The van der Waals surface area contributed by atoms with E-state index >= 15 is 0 Å². The average molecular weight is 465 g/mol. The number of rotatable bonds is 2. The minimum absolute atomic E-state index is 0.0457. The number of hydrogen-bond acceptors (Lipinski definition) is 4. The summed E-state index contributed by atoms with van der Waals surface area (Å²) < 4.78 is 19.4. The third-order valence-corrected chi connectivity index (χ3v) is 16.1. The predicted octanol–water partition coefficient (Wildman–Crippen LogP) is 6.13. The van der Waals surface area contributed by atoms with E-state index in [1.807, 2.05) is 0 Å². The first kappa shape index (κ1) is 23.8. The summed E-state index contributed by atoms with van der Waals surface area (Å²) in [7, 11) is -1.74. The van der Waals surface area contributed by atoms with Crippen molar-refractivity contribution in [3.8, 4) is 0 Å². The summed E-state index contributed by atoms with van der Waals surface area (Å²) >= 11 is 0. The van der Waals surface area contributed by atoms with Gasteiger partial charge in [0.15, 0.2) is 14.1 Å². The third kappa shape index (κ3) is 3.27. The van der Waals surface area contributed by atoms with Gasteiger partial charge < -0.3 is 19.0 Å². The maximum atomic E-state index is 11.7. The second kappa shape index (κ2) is 7.53. The highest BCUT2D eigenvalue weighted by Crippen LogP contribution is 2.69. The summed E-state index contributed by atoms with van der Waals surface area (Å²) in [6.07, 6.45) is 9.32. The molecule has 1 heterocycles. The van der Waals surface area contributed by atoms with Gasteiger partial charge in [0.25, 0.3) is 0 Å². The lowest BCUT2D eigenvalue weighted by Crippen LogP contribution is -2.62. The van der Waals surface area contributed by atoms with Crippen molar-refractivity contribution in [1.29, 1.82) is 0 Å².